The molecule has 0 spiro atoms. The summed E-state index contributed by atoms with van der Waals surface area (Å²) in [6.07, 6.45) is -9.98. The molecule has 0 saturated heterocycles. The van der Waals surface area contributed by atoms with Crippen molar-refractivity contribution in [3.05, 3.63) is 135 Å². The summed E-state index contributed by atoms with van der Waals surface area (Å²) >= 11 is 6.00. The highest BCUT2D eigenvalue weighted by Gasteiger charge is 2.64. The highest BCUT2D eigenvalue weighted by molar-refractivity contribution is 6.30. The Hall–Kier alpha value is -4.47. The molecule has 2 atom stereocenters. The Balaban J connectivity index is 2.08. The molecule has 0 fully saturated rings. The molecule has 1 N–H and O–H groups in total. The maximum Gasteiger partial charge on any atom is 0.430 e. The lowest BCUT2D eigenvalue weighted by Crippen LogP contribution is -2.61. The van der Waals surface area contributed by atoms with Crippen LogP contribution in [0.4, 0.5) is 30.7 Å². The molecule has 1 amide bonds. The second-order valence-electron chi connectivity index (χ2n) is 9.69. The average Bonchev–Trinajstić information content (AvgIpc) is 2.97. The Bertz CT molecular complexity index is 1690. The molecule has 4 aromatic rings. The molecule has 0 radical (unpaired) electrons. The normalized spacial score (nSPS) is 14.6. The SMILES string of the molecule is CO[C@](C(=O)N[C@](Cc1cccc(C#N)c1)(c1cc(F)cc(C(F)(F)F)c1)c1ccc(Cl)cn1)(c1ccccc1)C(F)(F)F. The number of carbonyl (C=O) groups is 1. The molecule has 13 heteroatoms. The monoisotopic (exact) mass is 635 g/mol. The summed E-state index contributed by atoms with van der Waals surface area (Å²) in [5.41, 5.74) is -8.74. The van der Waals surface area contributed by atoms with Crippen LogP contribution < -0.4 is 5.32 Å². The van der Waals surface area contributed by atoms with E-state index >= 15 is 0 Å². The van der Waals surface area contributed by atoms with Gasteiger partial charge in [0.05, 0.1) is 27.9 Å². The molecule has 5 nitrogen and oxygen atoms in total. The zero-order valence-electron chi connectivity index (χ0n) is 22.6. The number of alkyl halides is 6. The molecule has 0 aliphatic heterocycles. The van der Waals surface area contributed by atoms with E-state index in [0.29, 0.717) is 19.2 Å². The number of pyridine rings is 1. The van der Waals surface area contributed by atoms with E-state index in [1.807, 2.05) is 6.07 Å². The van der Waals surface area contributed by atoms with E-state index in [1.54, 1.807) is 0 Å². The fourth-order valence-electron chi connectivity index (χ4n) is 4.91. The van der Waals surface area contributed by atoms with Crippen LogP contribution in [0, 0.1) is 17.1 Å². The van der Waals surface area contributed by atoms with Gasteiger partial charge in [-0.1, -0.05) is 54.1 Å². The van der Waals surface area contributed by atoms with Gasteiger partial charge in [0.2, 0.25) is 0 Å². The van der Waals surface area contributed by atoms with Crippen LogP contribution in [-0.2, 0) is 33.3 Å². The highest BCUT2D eigenvalue weighted by atomic mass is 35.5. The van der Waals surface area contributed by atoms with Crippen molar-refractivity contribution in [2.75, 3.05) is 7.11 Å². The van der Waals surface area contributed by atoms with Crippen molar-refractivity contribution < 1.29 is 40.3 Å². The van der Waals surface area contributed by atoms with E-state index in [1.165, 1.54) is 54.6 Å². The van der Waals surface area contributed by atoms with Gasteiger partial charge in [-0.25, -0.2) is 4.39 Å². The van der Waals surface area contributed by atoms with Crippen LogP contribution >= 0.6 is 11.6 Å². The molecule has 0 bridgehead atoms. The summed E-state index contributed by atoms with van der Waals surface area (Å²) in [5, 5.41) is 11.7. The fraction of sp³-hybridized carbons (Fsp3) is 0.194. The minimum Gasteiger partial charge on any atom is -0.356 e. The molecule has 1 aromatic heterocycles. The number of aromatic nitrogens is 1. The van der Waals surface area contributed by atoms with Crippen molar-refractivity contribution in [2.45, 2.75) is 29.9 Å². The lowest BCUT2D eigenvalue weighted by atomic mass is 9.78. The third kappa shape index (κ3) is 6.25. The molecule has 3 aromatic carbocycles. The van der Waals surface area contributed by atoms with Crippen LogP contribution in [0.15, 0.2) is 91.1 Å². The van der Waals surface area contributed by atoms with Crippen molar-refractivity contribution in [3.8, 4) is 6.07 Å². The van der Waals surface area contributed by atoms with Crippen molar-refractivity contribution in [2.24, 2.45) is 0 Å². The second-order valence-corrected chi connectivity index (χ2v) is 10.1. The van der Waals surface area contributed by atoms with Gasteiger partial charge in [-0.3, -0.25) is 9.78 Å². The zero-order valence-corrected chi connectivity index (χ0v) is 23.4. The van der Waals surface area contributed by atoms with Gasteiger partial charge in [-0.15, -0.1) is 0 Å². The lowest BCUT2D eigenvalue weighted by molar-refractivity contribution is -0.266. The number of nitrogens with one attached hydrogen (secondary N) is 1. The number of hydrogen-bond donors (Lipinski definition) is 1. The number of carbonyl (C=O) groups excluding carboxylic acids is 1. The van der Waals surface area contributed by atoms with Crippen molar-refractivity contribution >= 4 is 17.5 Å². The Labute approximate surface area is 251 Å². The number of nitrogens with zero attached hydrogens (tertiary/aromatic N) is 2. The van der Waals surface area contributed by atoms with Gasteiger partial charge in [0.15, 0.2) is 0 Å². The molecule has 1 heterocycles. The largest absolute Gasteiger partial charge is 0.430 e. The molecular weight excluding hydrogens is 615 g/mol. The first-order valence-electron chi connectivity index (χ1n) is 12.7. The molecule has 0 saturated carbocycles. The van der Waals surface area contributed by atoms with Crippen molar-refractivity contribution in [3.63, 3.8) is 0 Å². The number of ether oxygens (including phenoxy) is 1. The Kier molecular flexibility index (Phi) is 9.04. The Morgan fingerprint density at radius 2 is 1.59 bits per heavy atom. The van der Waals surface area contributed by atoms with E-state index in [9.17, 15) is 40.8 Å². The number of halogens is 8. The van der Waals surface area contributed by atoms with Gasteiger partial charge in [-0.05, 0) is 53.6 Å². The van der Waals surface area contributed by atoms with Crippen LogP contribution in [0.2, 0.25) is 5.02 Å². The van der Waals surface area contributed by atoms with Crippen LogP contribution in [0.3, 0.4) is 0 Å². The first-order chi connectivity index (χ1) is 20.7. The Morgan fingerprint density at radius 1 is 0.909 bits per heavy atom. The van der Waals surface area contributed by atoms with Gasteiger partial charge < -0.3 is 10.1 Å². The zero-order chi connectivity index (χ0) is 32.3. The summed E-state index contributed by atoms with van der Waals surface area (Å²) < 4.78 is 106. The minimum atomic E-state index is -5.40. The van der Waals surface area contributed by atoms with Crippen molar-refractivity contribution in [1.82, 2.24) is 10.3 Å². The molecule has 228 valence electrons. The molecule has 0 aliphatic carbocycles. The third-order valence-corrected chi connectivity index (χ3v) is 7.16. The van der Waals surface area contributed by atoms with Gasteiger partial charge in [0.25, 0.3) is 11.5 Å². The van der Waals surface area contributed by atoms with E-state index in [-0.39, 0.29) is 27.9 Å². The summed E-state index contributed by atoms with van der Waals surface area (Å²) in [4.78, 5) is 18.2. The lowest BCUT2D eigenvalue weighted by Gasteiger charge is -2.40. The molecule has 44 heavy (non-hydrogen) atoms. The standard InChI is InChI=1S/C31H21ClF7N3O2/c1-44-29(31(37,38)39,21-8-3-2-4-9-21)27(43)42-28(26-11-10-24(32)18-41-26,16-19-6-5-7-20(12-19)17-40)22-13-23(30(34,35)36)15-25(33)14-22/h2-15,18H,16H2,1H3,(H,42,43)/t28-,29+/m1/s1. The third-order valence-electron chi connectivity index (χ3n) is 6.94. The van der Waals surface area contributed by atoms with Gasteiger partial charge >= 0.3 is 12.4 Å². The first kappa shape index (κ1) is 32.4. The molecule has 0 aliphatic rings. The van der Waals surface area contributed by atoms with Crippen LogP contribution in [0.25, 0.3) is 0 Å². The summed E-state index contributed by atoms with van der Waals surface area (Å²) in [6.45, 7) is 0. The Morgan fingerprint density at radius 3 is 2.16 bits per heavy atom. The first-order valence-corrected chi connectivity index (χ1v) is 13.0. The van der Waals surface area contributed by atoms with E-state index in [2.05, 4.69) is 10.3 Å². The minimum absolute atomic E-state index is 0.0569. The topological polar surface area (TPSA) is 75.0 Å². The maximum absolute atomic E-state index is 14.9. The predicted molar refractivity (Wildman–Crippen MR) is 146 cm³/mol. The van der Waals surface area contributed by atoms with E-state index in [4.69, 9.17) is 16.3 Å². The average molecular weight is 636 g/mol. The second kappa shape index (κ2) is 12.3. The molecular formula is C31H21ClF7N3O2. The number of nitriles is 1. The van der Waals surface area contributed by atoms with E-state index in [0.717, 1.165) is 18.3 Å². The number of methoxy groups -OCH3 is 1. The predicted octanol–water partition coefficient (Wildman–Crippen LogP) is 7.47. The highest BCUT2D eigenvalue weighted by Crippen LogP contribution is 2.45. The van der Waals surface area contributed by atoms with Gasteiger partial charge in [0, 0.05) is 25.3 Å². The maximum atomic E-state index is 14.9. The quantitative estimate of drug-likeness (QED) is 0.204. The number of benzene rings is 3. The number of hydrogen-bond acceptors (Lipinski definition) is 4. The van der Waals surface area contributed by atoms with Crippen LogP contribution in [-0.4, -0.2) is 24.2 Å². The van der Waals surface area contributed by atoms with Gasteiger partial charge in [-0.2, -0.15) is 31.6 Å². The smallest absolute Gasteiger partial charge is 0.356 e. The summed E-state index contributed by atoms with van der Waals surface area (Å²) in [7, 11) is 0.655. The summed E-state index contributed by atoms with van der Waals surface area (Å²) in [5.74, 6) is -3.21. The fourth-order valence-corrected chi connectivity index (χ4v) is 5.02. The molecule has 4 rings (SSSR count). The molecule has 0 unspecified atom stereocenters. The van der Waals surface area contributed by atoms with E-state index < -0.39 is 58.3 Å². The number of rotatable bonds is 8. The van der Waals surface area contributed by atoms with Crippen LogP contribution in [0.1, 0.15) is 33.5 Å². The number of amides is 1. The van der Waals surface area contributed by atoms with Crippen molar-refractivity contribution in [1.29, 1.82) is 5.26 Å². The van der Waals surface area contributed by atoms with Gasteiger partial charge in [0.1, 0.15) is 11.4 Å². The summed E-state index contributed by atoms with van der Waals surface area (Å²) in [6, 6.07) is 17.2. The van der Waals surface area contributed by atoms with Crippen LogP contribution in [0.5, 0.6) is 0 Å².